The first-order valence-corrected chi connectivity index (χ1v) is 11.4. The Labute approximate surface area is 163 Å². The quantitative estimate of drug-likeness (QED) is 0.621. The SMILES string of the molecule is Cc1noc(C)c1S(=O)(=O)NCC(c1cccnc1)S(=O)(=O)c1ccccc1. The predicted octanol–water partition coefficient (Wildman–Crippen LogP) is 2.18. The maximum Gasteiger partial charge on any atom is 0.246 e. The first-order chi connectivity index (χ1) is 13.2. The highest BCUT2D eigenvalue weighted by molar-refractivity contribution is 7.92. The lowest BCUT2D eigenvalue weighted by atomic mass is 10.2. The van der Waals surface area contributed by atoms with E-state index >= 15 is 0 Å². The standard InChI is InChI=1S/C18H19N3O5S2/c1-13-18(14(2)26-21-13)28(24,25)20-12-17(15-7-6-10-19-11-15)27(22,23)16-8-4-3-5-9-16/h3-11,17,20H,12H2,1-2H3. The third kappa shape index (κ3) is 3.98. The molecule has 0 saturated heterocycles. The highest BCUT2D eigenvalue weighted by Gasteiger charge is 2.32. The average molecular weight is 422 g/mol. The number of benzene rings is 1. The number of nitrogens with one attached hydrogen (secondary N) is 1. The molecule has 0 aliphatic heterocycles. The van der Waals surface area contributed by atoms with Crippen molar-refractivity contribution in [3.8, 4) is 0 Å². The van der Waals surface area contributed by atoms with E-state index in [0.29, 0.717) is 5.56 Å². The second kappa shape index (κ2) is 7.82. The van der Waals surface area contributed by atoms with Crippen molar-refractivity contribution in [1.82, 2.24) is 14.9 Å². The number of rotatable bonds is 7. The molecule has 0 bridgehead atoms. The van der Waals surface area contributed by atoms with E-state index in [0.717, 1.165) is 0 Å². The lowest BCUT2D eigenvalue weighted by molar-refractivity contribution is 0.390. The molecule has 0 fully saturated rings. The van der Waals surface area contributed by atoms with Crippen molar-refractivity contribution >= 4 is 19.9 Å². The summed E-state index contributed by atoms with van der Waals surface area (Å²) in [5.74, 6) is 0.133. The average Bonchev–Trinajstić information content (AvgIpc) is 3.02. The van der Waals surface area contributed by atoms with E-state index in [1.54, 1.807) is 30.3 Å². The van der Waals surface area contributed by atoms with Crippen molar-refractivity contribution in [2.45, 2.75) is 28.9 Å². The van der Waals surface area contributed by atoms with Gasteiger partial charge in [-0.2, -0.15) is 0 Å². The molecule has 0 aliphatic carbocycles. The Kier molecular flexibility index (Phi) is 5.64. The molecular formula is C18H19N3O5S2. The lowest BCUT2D eigenvalue weighted by Crippen LogP contribution is -2.32. The molecule has 8 nitrogen and oxygen atoms in total. The van der Waals surface area contributed by atoms with Crippen LogP contribution in [0.25, 0.3) is 0 Å². The smallest absolute Gasteiger partial charge is 0.246 e. The van der Waals surface area contributed by atoms with Gasteiger partial charge in [0.05, 0.1) is 4.90 Å². The van der Waals surface area contributed by atoms with Crippen LogP contribution >= 0.6 is 0 Å². The fourth-order valence-corrected chi connectivity index (χ4v) is 6.01. The van der Waals surface area contributed by atoms with Crippen molar-refractivity contribution in [1.29, 1.82) is 0 Å². The van der Waals surface area contributed by atoms with E-state index in [-0.39, 0.29) is 27.8 Å². The van der Waals surface area contributed by atoms with Crippen LogP contribution in [0.1, 0.15) is 22.3 Å². The van der Waals surface area contributed by atoms with Gasteiger partial charge in [-0.3, -0.25) is 4.98 Å². The van der Waals surface area contributed by atoms with Crippen molar-refractivity contribution < 1.29 is 21.4 Å². The minimum Gasteiger partial charge on any atom is -0.360 e. The topological polar surface area (TPSA) is 119 Å². The van der Waals surface area contributed by atoms with Crippen LogP contribution in [0.2, 0.25) is 0 Å². The van der Waals surface area contributed by atoms with Crippen molar-refractivity contribution in [3.05, 3.63) is 71.9 Å². The molecule has 1 unspecified atom stereocenters. The zero-order valence-corrected chi connectivity index (χ0v) is 16.9. The largest absolute Gasteiger partial charge is 0.360 e. The van der Waals surface area contributed by atoms with Gasteiger partial charge < -0.3 is 4.52 Å². The van der Waals surface area contributed by atoms with E-state index in [2.05, 4.69) is 14.9 Å². The number of hydrogen-bond acceptors (Lipinski definition) is 7. The Hall–Kier alpha value is -2.56. The maximum absolute atomic E-state index is 13.2. The summed E-state index contributed by atoms with van der Waals surface area (Å²) < 4.78 is 59.1. The first-order valence-electron chi connectivity index (χ1n) is 8.35. The van der Waals surface area contributed by atoms with Gasteiger partial charge in [-0.1, -0.05) is 29.4 Å². The van der Waals surface area contributed by atoms with Gasteiger partial charge in [0.1, 0.15) is 15.8 Å². The van der Waals surface area contributed by atoms with E-state index in [1.165, 1.54) is 38.4 Å². The van der Waals surface area contributed by atoms with Crippen LogP contribution in [0.3, 0.4) is 0 Å². The van der Waals surface area contributed by atoms with E-state index in [9.17, 15) is 16.8 Å². The van der Waals surface area contributed by atoms with Crippen LogP contribution < -0.4 is 4.72 Å². The minimum absolute atomic E-state index is 0.0884. The van der Waals surface area contributed by atoms with Gasteiger partial charge in [0.15, 0.2) is 15.6 Å². The number of sulfone groups is 1. The van der Waals surface area contributed by atoms with Gasteiger partial charge in [-0.05, 0) is 37.6 Å². The summed E-state index contributed by atoms with van der Waals surface area (Å²) in [5, 5.41) is 2.49. The second-order valence-corrected chi connectivity index (χ2v) is 9.97. The molecular weight excluding hydrogens is 402 g/mol. The maximum atomic E-state index is 13.2. The molecule has 0 amide bonds. The summed E-state index contributed by atoms with van der Waals surface area (Å²) in [5.41, 5.74) is 0.585. The number of aromatic nitrogens is 2. The highest BCUT2D eigenvalue weighted by Crippen LogP contribution is 2.29. The molecule has 0 saturated carbocycles. The van der Waals surface area contributed by atoms with Gasteiger partial charge in [-0.25, -0.2) is 21.6 Å². The molecule has 1 aromatic carbocycles. The molecule has 10 heteroatoms. The fourth-order valence-electron chi connectivity index (χ4n) is 2.86. The molecule has 1 N–H and O–H groups in total. The van der Waals surface area contributed by atoms with Gasteiger partial charge in [0, 0.05) is 18.9 Å². The van der Waals surface area contributed by atoms with Crippen LogP contribution in [0.15, 0.2) is 69.2 Å². The Morgan fingerprint density at radius 1 is 1.04 bits per heavy atom. The Balaban J connectivity index is 1.98. The number of nitrogens with zero attached hydrogens (tertiary/aromatic N) is 2. The van der Waals surface area contributed by atoms with Crippen LogP contribution in [-0.4, -0.2) is 33.5 Å². The molecule has 0 aliphatic rings. The number of aryl methyl sites for hydroxylation is 2. The molecule has 28 heavy (non-hydrogen) atoms. The molecule has 2 heterocycles. The summed E-state index contributed by atoms with van der Waals surface area (Å²) in [6.45, 7) is 2.62. The Morgan fingerprint density at radius 2 is 1.75 bits per heavy atom. The third-order valence-electron chi connectivity index (χ3n) is 4.20. The Bertz CT molecular complexity index is 1140. The zero-order valence-electron chi connectivity index (χ0n) is 15.2. The molecule has 2 aromatic heterocycles. The highest BCUT2D eigenvalue weighted by atomic mass is 32.2. The fraction of sp³-hybridized carbons (Fsp3) is 0.222. The number of pyridine rings is 1. The molecule has 3 aromatic rings. The van der Waals surface area contributed by atoms with Crippen molar-refractivity contribution in [3.63, 3.8) is 0 Å². The number of sulfonamides is 1. The number of hydrogen-bond donors (Lipinski definition) is 1. The van der Waals surface area contributed by atoms with Crippen LogP contribution in [0, 0.1) is 13.8 Å². The summed E-state index contributed by atoms with van der Waals surface area (Å²) in [6, 6.07) is 11.1. The summed E-state index contributed by atoms with van der Waals surface area (Å²) in [7, 11) is -7.89. The summed E-state index contributed by atoms with van der Waals surface area (Å²) in [4.78, 5) is 3.98. The van der Waals surface area contributed by atoms with Gasteiger partial charge in [-0.15, -0.1) is 0 Å². The summed E-state index contributed by atoms with van der Waals surface area (Å²) >= 11 is 0. The Morgan fingerprint density at radius 3 is 2.32 bits per heavy atom. The van der Waals surface area contributed by atoms with E-state index in [4.69, 9.17) is 4.52 Å². The molecule has 0 radical (unpaired) electrons. The van der Waals surface area contributed by atoms with E-state index in [1.807, 2.05) is 0 Å². The monoisotopic (exact) mass is 421 g/mol. The normalized spacial score (nSPS) is 13.4. The van der Waals surface area contributed by atoms with Gasteiger partial charge in [0.25, 0.3) is 0 Å². The van der Waals surface area contributed by atoms with Crippen LogP contribution in [0.4, 0.5) is 0 Å². The third-order valence-corrected chi connectivity index (χ3v) is 7.98. The van der Waals surface area contributed by atoms with Crippen molar-refractivity contribution in [2.75, 3.05) is 6.54 Å². The second-order valence-electron chi connectivity index (χ2n) is 6.14. The summed E-state index contributed by atoms with van der Waals surface area (Å²) in [6.07, 6.45) is 2.93. The minimum atomic E-state index is -4.01. The molecule has 0 spiro atoms. The molecule has 1 atom stereocenters. The lowest BCUT2D eigenvalue weighted by Gasteiger charge is -2.18. The molecule has 3 rings (SSSR count). The zero-order chi connectivity index (χ0) is 20.4. The first kappa shape index (κ1) is 20.2. The van der Waals surface area contributed by atoms with Gasteiger partial charge in [0.2, 0.25) is 10.0 Å². The van der Waals surface area contributed by atoms with Crippen LogP contribution in [0.5, 0.6) is 0 Å². The van der Waals surface area contributed by atoms with Crippen LogP contribution in [-0.2, 0) is 19.9 Å². The van der Waals surface area contributed by atoms with E-state index < -0.39 is 25.1 Å². The van der Waals surface area contributed by atoms with Gasteiger partial charge >= 0.3 is 0 Å². The molecule has 148 valence electrons. The van der Waals surface area contributed by atoms with Crippen molar-refractivity contribution in [2.24, 2.45) is 0 Å². The predicted molar refractivity (Wildman–Crippen MR) is 102 cm³/mol.